The number of amides is 2. The van der Waals surface area contributed by atoms with Gasteiger partial charge in [0.15, 0.2) is 0 Å². The molecule has 0 aliphatic rings. The van der Waals surface area contributed by atoms with Crippen molar-refractivity contribution in [3.05, 3.63) is 93.4 Å². The molecule has 0 aliphatic carbocycles. The average Bonchev–Trinajstić information content (AvgIpc) is 2.90. The van der Waals surface area contributed by atoms with Crippen LogP contribution in [0.5, 0.6) is 0 Å². The molecule has 3 aromatic rings. The van der Waals surface area contributed by atoms with E-state index in [1.165, 1.54) is 35.2 Å². The minimum atomic E-state index is -4.23. The maximum absolute atomic E-state index is 13.9. The Labute approximate surface area is 244 Å². The minimum Gasteiger partial charge on any atom is -0.352 e. The standard InChI is InChI=1S/C28H30Cl3N3O4S/c1-4-19(2)32-28(36)20(3)33(17-21-9-8-10-22(29)15-21)27(35)18-34(26-14-13-23(30)16-25(26)31)39(37,38)24-11-6-5-7-12-24/h5-16,19-20H,4,17-18H2,1-3H3,(H,32,36)/t19-,20+/m1/s1. The number of anilines is 1. The number of nitrogens with one attached hydrogen (secondary N) is 1. The van der Waals surface area contributed by atoms with Crippen molar-refractivity contribution in [1.29, 1.82) is 0 Å². The van der Waals surface area contributed by atoms with E-state index in [4.69, 9.17) is 34.8 Å². The Morgan fingerprint density at radius 2 is 1.56 bits per heavy atom. The number of hydrogen-bond acceptors (Lipinski definition) is 4. The smallest absolute Gasteiger partial charge is 0.264 e. The highest BCUT2D eigenvalue weighted by atomic mass is 35.5. The molecule has 0 aromatic heterocycles. The van der Waals surface area contributed by atoms with Crippen LogP contribution in [-0.2, 0) is 26.2 Å². The molecular weight excluding hydrogens is 581 g/mol. The third-order valence-corrected chi connectivity index (χ3v) is 8.75. The third-order valence-electron chi connectivity index (χ3n) is 6.20. The van der Waals surface area contributed by atoms with Gasteiger partial charge in [0.1, 0.15) is 12.6 Å². The van der Waals surface area contributed by atoms with Gasteiger partial charge in [-0.15, -0.1) is 0 Å². The SMILES string of the molecule is CC[C@@H](C)NC(=O)[C@H](C)N(Cc1cccc(Cl)c1)C(=O)CN(c1ccc(Cl)cc1Cl)S(=O)(=O)c1ccccc1. The van der Waals surface area contributed by atoms with Gasteiger partial charge in [0, 0.05) is 22.6 Å². The second-order valence-corrected chi connectivity index (χ2v) is 12.2. The van der Waals surface area contributed by atoms with Crippen molar-refractivity contribution in [2.75, 3.05) is 10.8 Å². The van der Waals surface area contributed by atoms with E-state index < -0.39 is 28.5 Å². The zero-order chi connectivity index (χ0) is 28.7. The lowest BCUT2D eigenvalue weighted by Gasteiger charge is -2.32. The summed E-state index contributed by atoms with van der Waals surface area (Å²) < 4.78 is 28.5. The zero-order valence-corrected chi connectivity index (χ0v) is 24.9. The fraction of sp³-hybridized carbons (Fsp3) is 0.286. The molecule has 39 heavy (non-hydrogen) atoms. The summed E-state index contributed by atoms with van der Waals surface area (Å²) in [5.41, 5.74) is 0.763. The topological polar surface area (TPSA) is 86.8 Å². The van der Waals surface area contributed by atoms with Gasteiger partial charge in [-0.25, -0.2) is 8.42 Å². The lowest BCUT2D eigenvalue weighted by atomic mass is 10.1. The Morgan fingerprint density at radius 3 is 2.18 bits per heavy atom. The van der Waals surface area contributed by atoms with Crippen LogP contribution in [0.15, 0.2) is 77.7 Å². The molecule has 0 saturated carbocycles. The lowest BCUT2D eigenvalue weighted by Crippen LogP contribution is -2.52. The Balaban J connectivity index is 2.05. The van der Waals surface area contributed by atoms with Gasteiger partial charge in [0.2, 0.25) is 11.8 Å². The van der Waals surface area contributed by atoms with Gasteiger partial charge in [0.05, 0.1) is 15.6 Å². The van der Waals surface area contributed by atoms with E-state index in [9.17, 15) is 18.0 Å². The summed E-state index contributed by atoms with van der Waals surface area (Å²) in [6.07, 6.45) is 0.707. The summed E-state index contributed by atoms with van der Waals surface area (Å²) in [6, 6.07) is 18.0. The van der Waals surface area contributed by atoms with E-state index in [1.54, 1.807) is 49.4 Å². The van der Waals surface area contributed by atoms with Crippen LogP contribution in [-0.4, -0.2) is 43.8 Å². The van der Waals surface area contributed by atoms with Gasteiger partial charge >= 0.3 is 0 Å². The van der Waals surface area contributed by atoms with E-state index in [2.05, 4.69) is 5.32 Å². The summed E-state index contributed by atoms with van der Waals surface area (Å²) in [5, 5.41) is 3.73. The molecule has 7 nitrogen and oxygen atoms in total. The van der Waals surface area contributed by atoms with Crippen LogP contribution in [0.4, 0.5) is 5.69 Å². The van der Waals surface area contributed by atoms with Crippen molar-refractivity contribution in [3.8, 4) is 0 Å². The van der Waals surface area contributed by atoms with Gasteiger partial charge < -0.3 is 10.2 Å². The predicted octanol–water partition coefficient (Wildman–Crippen LogP) is 6.17. The van der Waals surface area contributed by atoms with E-state index in [0.29, 0.717) is 22.0 Å². The number of hydrogen-bond donors (Lipinski definition) is 1. The van der Waals surface area contributed by atoms with Crippen molar-refractivity contribution in [3.63, 3.8) is 0 Å². The first-order valence-electron chi connectivity index (χ1n) is 12.3. The molecule has 0 spiro atoms. The number of carbonyl (C=O) groups excluding carboxylic acids is 2. The fourth-order valence-electron chi connectivity index (χ4n) is 3.80. The fourth-order valence-corrected chi connectivity index (χ4v) is 6.02. The zero-order valence-electron chi connectivity index (χ0n) is 21.8. The Kier molecular flexibility index (Phi) is 10.7. The number of carbonyl (C=O) groups is 2. The molecular formula is C28H30Cl3N3O4S. The summed E-state index contributed by atoms with van der Waals surface area (Å²) in [7, 11) is -4.23. The predicted molar refractivity (Wildman–Crippen MR) is 157 cm³/mol. The highest BCUT2D eigenvalue weighted by Crippen LogP contribution is 2.33. The van der Waals surface area contributed by atoms with Crippen molar-refractivity contribution in [2.24, 2.45) is 0 Å². The number of benzene rings is 3. The molecule has 0 aliphatic heterocycles. The molecule has 0 fully saturated rings. The first kappa shape index (κ1) is 30.8. The number of sulfonamides is 1. The molecule has 208 valence electrons. The molecule has 0 bridgehead atoms. The Morgan fingerprint density at radius 1 is 0.897 bits per heavy atom. The van der Waals surface area contributed by atoms with E-state index in [-0.39, 0.29) is 34.1 Å². The largest absolute Gasteiger partial charge is 0.352 e. The Hall–Kier alpha value is -2.78. The second-order valence-electron chi connectivity index (χ2n) is 9.07. The molecule has 0 radical (unpaired) electrons. The van der Waals surface area contributed by atoms with Crippen molar-refractivity contribution in [1.82, 2.24) is 10.2 Å². The molecule has 2 amide bonds. The molecule has 0 saturated heterocycles. The van der Waals surface area contributed by atoms with Crippen molar-refractivity contribution in [2.45, 2.75) is 50.7 Å². The molecule has 0 unspecified atom stereocenters. The third kappa shape index (κ3) is 7.88. The second kappa shape index (κ2) is 13.5. The highest BCUT2D eigenvalue weighted by molar-refractivity contribution is 7.92. The molecule has 3 aromatic carbocycles. The van der Waals surface area contributed by atoms with Crippen LogP contribution >= 0.6 is 34.8 Å². The summed E-state index contributed by atoms with van der Waals surface area (Å²) >= 11 is 18.6. The molecule has 1 N–H and O–H groups in total. The van der Waals surface area contributed by atoms with Gasteiger partial charge in [-0.1, -0.05) is 72.1 Å². The van der Waals surface area contributed by atoms with Gasteiger partial charge in [-0.3, -0.25) is 13.9 Å². The van der Waals surface area contributed by atoms with E-state index in [1.807, 2.05) is 13.8 Å². The van der Waals surface area contributed by atoms with Crippen LogP contribution in [0.1, 0.15) is 32.8 Å². The van der Waals surface area contributed by atoms with E-state index in [0.717, 1.165) is 4.31 Å². The van der Waals surface area contributed by atoms with Crippen LogP contribution in [0.2, 0.25) is 15.1 Å². The monoisotopic (exact) mass is 609 g/mol. The number of rotatable bonds is 11. The maximum Gasteiger partial charge on any atom is 0.264 e. The highest BCUT2D eigenvalue weighted by Gasteiger charge is 2.33. The van der Waals surface area contributed by atoms with Crippen LogP contribution < -0.4 is 9.62 Å². The van der Waals surface area contributed by atoms with Gasteiger partial charge in [-0.2, -0.15) is 0 Å². The summed E-state index contributed by atoms with van der Waals surface area (Å²) in [5.74, 6) is -0.964. The number of nitrogens with zero attached hydrogens (tertiary/aromatic N) is 2. The maximum atomic E-state index is 13.9. The van der Waals surface area contributed by atoms with Crippen LogP contribution in [0, 0.1) is 0 Å². The van der Waals surface area contributed by atoms with Crippen LogP contribution in [0.3, 0.4) is 0 Å². The van der Waals surface area contributed by atoms with Crippen molar-refractivity contribution < 1.29 is 18.0 Å². The molecule has 3 rings (SSSR count). The normalized spacial score (nSPS) is 12.9. The first-order chi connectivity index (χ1) is 18.4. The van der Waals surface area contributed by atoms with Crippen LogP contribution in [0.25, 0.3) is 0 Å². The Bertz CT molecular complexity index is 1420. The minimum absolute atomic E-state index is 0.0206. The molecule has 2 atom stereocenters. The first-order valence-corrected chi connectivity index (χ1v) is 14.9. The summed E-state index contributed by atoms with van der Waals surface area (Å²) in [4.78, 5) is 28.3. The molecule has 11 heteroatoms. The quantitative estimate of drug-likeness (QED) is 0.281. The molecule has 0 heterocycles. The number of halogens is 3. The lowest BCUT2D eigenvalue weighted by molar-refractivity contribution is -0.139. The average molecular weight is 611 g/mol. The summed E-state index contributed by atoms with van der Waals surface area (Å²) in [6.45, 7) is 4.82. The van der Waals surface area contributed by atoms with Gasteiger partial charge in [-0.05, 0) is 68.3 Å². The van der Waals surface area contributed by atoms with Gasteiger partial charge in [0.25, 0.3) is 10.0 Å². The van der Waals surface area contributed by atoms with Crippen molar-refractivity contribution >= 4 is 62.3 Å². The van der Waals surface area contributed by atoms with E-state index >= 15 is 0 Å².